The van der Waals surface area contributed by atoms with E-state index in [-0.39, 0.29) is 11.4 Å². The van der Waals surface area contributed by atoms with E-state index in [2.05, 4.69) is 4.98 Å². The summed E-state index contributed by atoms with van der Waals surface area (Å²) in [5, 5.41) is 0. The Morgan fingerprint density at radius 2 is 1.72 bits per heavy atom. The number of anilines is 1. The van der Waals surface area contributed by atoms with Crippen LogP contribution in [0, 0.1) is 0 Å². The topological polar surface area (TPSA) is 59.5 Å². The molecule has 0 aliphatic rings. The van der Waals surface area contributed by atoms with Crippen LogP contribution in [0.25, 0.3) is 12.2 Å². The summed E-state index contributed by atoms with van der Waals surface area (Å²) in [6.45, 7) is -1.10. The van der Waals surface area contributed by atoms with Gasteiger partial charge in [-0.2, -0.15) is 0 Å². The molecule has 1 aromatic heterocycles. The maximum absolute atomic E-state index is 13.3. The number of aromatic nitrogens is 1. The number of rotatable bonds is 8. The van der Waals surface area contributed by atoms with Crippen molar-refractivity contribution in [2.75, 3.05) is 24.6 Å². The summed E-state index contributed by atoms with van der Waals surface area (Å²) in [6, 6.07) is 18.5. The number of methoxy groups -OCH3 is 1. The molecule has 0 fully saturated rings. The lowest BCUT2D eigenvalue weighted by Crippen LogP contribution is -2.33. The Morgan fingerprint density at radius 3 is 2.38 bits per heavy atom. The Kier molecular flexibility index (Phi) is 6.61. The minimum Gasteiger partial charge on any atom is -0.497 e. The first-order valence-corrected chi connectivity index (χ1v) is 10.4. The van der Waals surface area contributed by atoms with Gasteiger partial charge in [-0.3, -0.25) is 9.29 Å². The molecular formula is C22H21FN2O3S. The number of ether oxygens (including phenoxy) is 1. The fourth-order valence-corrected chi connectivity index (χ4v) is 4.30. The molecule has 29 heavy (non-hydrogen) atoms. The van der Waals surface area contributed by atoms with Gasteiger partial charge in [0.1, 0.15) is 12.4 Å². The van der Waals surface area contributed by atoms with Gasteiger partial charge in [-0.05, 0) is 54.1 Å². The smallest absolute Gasteiger partial charge is 0.264 e. The predicted molar refractivity (Wildman–Crippen MR) is 113 cm³/mol. The molecule has 0 atom stereocenters. The predicted octanol–water partition coefficient (Wildman–Crippen LogP) is 4.43. The van der Waals surface area contributed by atoms with E-state index in [1.807, 2.05) is 18.2 Å². The molecule has 0 radical (unpaired) electrons. The van der Waals surface area contributed by atoms with Crippen molar-refractivity contribution < 1.29 is 17.5 Å². The molecule has 0 spiro atoms. The summed E-state index contributed by atoms with van der Waals surface area (Å²) in [5.74, 6) is 0.541. The molecule has 3 rings (SSSR count). The first-order valence-electron chi connectivity index (χ1n) is 8.97. The summed E-state index contributed by atoms with van der Waals surface area (Å²) in [5.41, 5.74) is 1.77. The highest BCUT2D eigenvalue weighted by Crippen LogP contribution is 2.29. The fraction of sp³-hybridized carbons (Fsp3) is 0.136. The third kappa shape index (κ3) is 4.81. The van der Waals surface area contributed by atoms with Crippen LogP contribution < -0.4 is 9.04 Å². The second kappa shape index (κ2) is 9.34. The van der Waals surface area contributed by atoms with E-state index in [9.17, 15) is 12.8 Å². The Bertz CT molecular complexity index is 1070. The van der Waals surface area contributed by atoms with Crippen LogP contribution in [0.5, 0.6) is 5.75 Å². The Labute approximate surface area is 170 Å². The van der Waals surface area contributed by atoms with Crippen LogP contribution >= 0.6 is 0 Å². The van der Waals surface area contributed by atoms with Crippen molar-refractivity contribution in [1.29, 1.82) is 0 Å². The van der Waals surface area contributed by atoms with Crippen LogP contribution in [0.15, 0.2) is 77.8 Å². The molecule has 0 aliphatic heterocycles. The van der Waals surface area contributed by atoms with E-state index in [1.165, 1.54) is 19.2 Å². The molecule has 0 amide bonds. The highest BCUT2D eigenvalue weighted by atomic mass is 32.2. The summed E-state index contributed by atoms with van der Waals surface area (Å²) in [4.78, 5) is 4.29. The molecule has 0 bridgehead atoms. The normalized spacial score (nSPS) is 11.5. The number of halogens is 1. The number of nitrogens with zero attached hydrogens (tertiary/aromatic N) is 2. The van der Waals surface area contributed by atoms with E-state index < -0.39 is 16.7 Å². The van der Waals surface area contributed by atoms with Gasteiger partial charge < -0.3 is 4.74 Å². The maximum Gasteiger partial charge on any atom is 0.264 e. The third-order valence-corrected chi connectivity index (χ3v) is 6.09. The first kappa shape index (κ1) is 20.5. The molecule has 0 saturated heterocycles. The van der Waals surface area contributed by atoms with E-state index in [0.717, 1.165) is 10.00 Å². The van der Waals surface area contributed by atoms with Crippen LogP contribution in [0.4, 0.5) is 10.1 Å². The van der Waals surface area contributed by atoms with Gasteiger partial charge in [-0.15, -0.1) is 0 Å². The van der Waals surface area contributed by atoms with Crippen molar-refractivity contribution in [3.05, 3.63) is 84.2 Å². The molecule has 1 heterocycles. The molecule has 150 valence electrons. The monoisotopic (exact) mass is 412 g/mol. The Balaban J connectivity index is 2.01. The molecule has 7 heteroatoms. The van der Waals surface area contributed by atoms with Crippen molar-refractivity contribution in [2.24, 2.45) is 0 Å². The van der Waals surface area contributed by atoms with Crippen LogP contribution in [-0.4, -0.2) is 33.7 Å². The Morgan fingerprint density at radius 1 is 1.00 bits per heavy atom. The molecular weight excluding hydrogens is 391 g/mol. The van der Waals surface area contributed by atoms with Crippen molar-refractivity contribution in [3.8, 4) is 5.75 Å². The summed E-state index contributed by atoms with van der Waals surface area (Å²) in [6.07, 6.45) is 5.23. The number of hydrogen-bond acceptors (Lipinski definition) is 4. The first-order chi connectivity index (χ1) is 14.1. The SMILES string of the molecule is COc1ccc(S(=O)(=O)N(CCF)c2ccccc2C=Cc2ccccn2)cc1. The van der Waals surface area contributed by atoms with E-state index in [0.29, 0.717) is 17.0 Å². The zero-order valence-corrected chi connectivity index (χ0v) is 16.7. The van der Waals surface area contributed by atoms with Crippen molar-refractivity contribution >= 4 is 27.9 Å². The van der Waals surface area contributed by atoms with Gasteiger partial charge in [0.15, 0.2) is 0 Å². The number of alkyl halides is 1. The summed E-state index contributed by atoms with van der Waals surface area (Å²) in [7, 11) is -2.46. The minimum absolute atomic E-state index is 0.0651. The van der Waals surface area contributed by atoms with Gasteiger partial charge in [-0.25, -0.2) is 12.8 Å². The van der Waals surface area contributed by atoms with E-state index >= 15 is 0 Å². The van der Waals surface area contributed by atoms with Crippen molar-refractivity contribution in [2.45, 2.75) is 4.90 Å². The van der Waals surface area contributed by atoms with Gasteiger partial charge >= 0.3 is 0 Å². The number of benzene rings is 2. The highest BCUT2D eigenvalue weighted by Gasteiger charge is 2.26. The van der Waals surface area contributed by atoms with Crippen molar-refractivity contribution in [1.82, 2.24) is 4.98 Å². The van der Waals surface area contributed by atoms with Crippen LogP contribution in [0.3, 0.4) is 0 Å². The average molecular weight is 412 g/mol. The molecule has 0 N–H and O–H groups in total. The zero-order chi connectivity index (χ0) is 20.7. The van der Waals surface area contributed by atoms with Crippen LogP contribution in [0.2, 0.25) is 0 Å². The van der Waals surface area contributed by atoms with E-state index in [1.54, 1.807) is 54.7 Å². The zero-order valence-electron chi connectivity index (χ0n) is 15.9. The molecule has 0 unspecified atom stereocenters. The summed E-state index contributed by atoms with van der Waals surface area (Å²) < 4.78 is 46.0. The van der Waals surface area contributed by atoms with Crippen molar-refractivity contribution in [3.63, 3.8) is 0 Å². The van der Waals surface area contributed by atoms with Gasteiger partial charge in [0, 0.05) is 6.20 Å². The molecule has 2 aromatic carbocycles. The van der Waals surface area contributed by atoms with Crippen LogP contribution in [0.1, 0.15) is 11.3 Å². The van der Waals surface area contributed by atoms with Gasteiger partial charge in [0.25, 0.3) is 10.0 Å². The Hall–Kier alpha value is -3.19. The van der Waals surface area contributed by atoms with Gasteiger partial charge in [0.2, 0.25) is 0 Å². The lowest BCUT2D eigenvalue weighted by Gasteiger charge is -2.25. The highest BCUT2D eigenvalue weighted by molar-refractivity contribution is 7.92. The van der Waals surface area contributed by atoms with Gasteiger partial charge in [0.05, 0.1) is 29.9 Å². The molecule has 0 aliphatic carbocycles. The standard InChI is InChI=1S/C22H21FN2O3S/c1-28-20-11-13-21(14-12-20)29(26,27)25(17-15-23)22-8-3-2-6-18(22)9-10-19-7-4-5-16-24-19/h2-14,16H,15,17H2,1H3. The quantitative estimate of drug-likeness (QED) is 0.549. The number of hydrogen-bond donors (Lipinski definition) is 0. The molecule has 5 nitrogen and oxygen atoms in total. The third-order valence-electron chi connectivity index (χ3n) is 4.26. The minimum atomic E-state index is -3.96. The van der Waals surface area contributed by atoms with Gasteiger partial charge in [-0.1, -0.05) is 30.3 Å². The number of pyridine rings is 1. The molecule has 3 aromatic rings. The molecule has 0 saturated carbocycles. The second-order valence-electron chi connectivity index (χ2n) is 6.09. The largest absolute Gasteiger partial charge is 0.497 e. The number of para-hydroxylation sites is 1. The second-order valence-corrected chi connectivity index (χ2v) is 7.95. The maximum atomic E-state index is 13.3. The lowest BCUT2D eigenvalue weighted by atomic mass is 10.1. The summed E-state index contributed by atoms with van der Waals surface area (Å²) >= 11 is 0. The fourth-order valence-electron chi connectivity index (χ4n) is 2.83. The van der Waals surface area contributed by atoms with Crippen LogP contribution in [-0.2, 0) is 10.0 Å². The van der Waals surface area contributed by atoms with E-state index in [4.69, 9.17) is 4.74 Å². The average Bonchev–Trinajstić information content (AvgIpc) is 2.77. The lowest BCUT2D eigenvalue weighted by molar-refractivity contribution is 0.414. The number of sulfonamides is 1.